The highest BCUT2D eigenvalue weighted by atomic mass is 32.2. The Labute approximate surface area is 177 Å². The summed E-state index contributed by atoms with van der Waals surface area (Å²) in [5.41, 5.74) is -0.164. The van der Waals surface area contributed by atoms with E-state index >= 15 is 0 Å². The number of nitro benzene ring substituents is 1. The maximum atomic E-state index is 13.5. The van der Waals surface area contributed by atoms with Crippen molar-refractivity contribution in [3.05, 3.63) is 58.4 Å². The minimum absolute atomic E-state index is 0.0463. The predicted molar refractivity (Wildman–Crippen MR) is 108 cm³/mol. The first-order valence-electron chi connectivity index (χ1n) is 9.71. The molecular weight excluding hydrogens is 427 g/mol. The summed E-state index contributed by atoms with van der Waals surface area (Å²) in [6.07, 6.45) is 3.42. The molecule has 0 saturated carbocycles. The lowest BCUT2D eigenvalue weighted by Crippen LogP contribution is -2.32. The lowest BCUT2D eigenvalue weighted by Gasteiger charge is -2.19. The first kappa shape index (κ1) is 21.0. The first-order valence-corrected chi connectivity index (χ1v) is 11.2. The summed E-state index contributed by atoms with van der Waals surface area (Å²) in [6.45, 7) is 0.777. The van der Waals surface area contributed by atoms with E-state index in [2.05, 4.69) is 15.4 Å². The van der Waals surface area contributed by atoms with Gasteiger partial charge in [-0.25, -0.2) is 12.8 Å². The van der Waals surface area contributed by atoms with E-state index in [1.807, 2.05) is 0 Å². The molecule has 1 aromatic heterocycles. The van der Waals surface area contributed by atoms with E-state index in [0.29, 0.717) is 18.7 Å². The summed E-state index contributed by atoms with van der Waals surface area (Å²) in [6, 6.07) is 9.13. The first-order chi connectivity index (χ1) is 14.9. The van der Waals surface area contributed by atoms with Crippen LogP contribution in [0.2, 0.25) is 0 Å². The van der Waals surface area contributed by atoms with Gasteiger partial charge >= 0.3 is 0 Å². The third-order valence-electron chi connectivity index (χ3n) is 5.06. The quantitative estimate of drug-likeness (QED) is 0.436. The van der Waals surface area contributed by atoms with Crippen molar-refractivity contribution in [3.8, 4) is 17.1 Å². The molecule has 0 bridgehead atoms. The van der Waals surface area contributed by atoms with Gasteiger partial charge in [-0.15, -0.1) is 15.0 Å². The van der Waals surface area contributed by atoms with Crippen molar-refractivity contribution in [3.63, 3.8) is 0 Å². The number of halogens is 1. The molecule has 1 fully saturated rings. The van der Waals surface area contributed by atoms with E-state index in [0.717, 1.165) is 36.5 Å². The van der Waals surface area contributed by atoms with Crippen LogP contribution < -0.4 is 0 Å². The predicted octanol–water partition coefficient (Wildman–Crippen LogP) is 2.94. The van der Waals surface area contributed by atoms with E-state index in [4.69, 9.17) is 0 Å². The molecule has 0 unspecified atom stereocenters. The van der Waals surface area contributed by atoms with Crippen LogP contribution in [0.15, 0.2) is 47.4 Å². The Morgan fingerprint density at radius 2 is 1.77 bits per heavy atom. The molecule has 31 heavy (non-hydrogen) atoms. The van der Waals surface area contributed by atoms with Gasteiger partial charge in [-0.05, 0) is 42.3 Å². The largest absolute Gasteiger partial charge is 0.298 e. The smallest absolute Gasteiger partial charge is 0.258 e. The molecule has 10 nitrogen and oxygen atoms in total. The van der Waals surface area contributed by atoms with Gasteiger partial charge in [0.2, 0.25) is 15.8 Å². The maximum Gasteiger partial charge on any atom is 0.298 e. The molecule has 2 aromatic carbocycles. The molecule has 4 rings (SSSR count). The van der Waals surface area contributed by atoms with Crippen LogP contribution >= 0.6 is 0 Å². The Balaban J connectivity index is 1.71. The molecule has 162 valence electrons. The van der Waals surface area contributed by atoms with Crippen molar-refractivity contribution in [1.29, 1.82) is 0 Å². The lowest BCUT2D eigenvalue weighted by atomic mass is 10.2. The van der Waals surface area contributed by atoms with Crippen LogP contribution in [-0.2, 0) is 10.0 Å². The van der Waals surface area contributed by atoms with Crippen molar-refractivity contribution < 1.29 is 17.7 Å². The van der Waals surface area contributed by atoms with Crippen LogP contribution in [0.3, 0.4) is 0 Å². The van der Waals surface area contributed by atoms with Gasteiger partial charge in [0.1, 0.15) is 5.82 Å². The number of tetrazole rings is 1. The number of nitrogens with zero attached hydrogens (tertiary/aromatic N) is 6. The molecule has 0 spiro atoms. The molecular formula is C19H19FN6O4S. The van der Waals surface area contributed by atoms with Gasteiger partial charge in [-0.1, -0.05) is 25.0 Å². The minimum atomic E-state index is -3.86. The monoisotopic (exact) mass is 446 g/mol. The van der Waals surface area contributed by atoms with Gasteiger partial charge < -0.3 is 0 Å². The minimum Gasteiger partial charge on any atom is -0.258 e. The summed E-state index contributed by atoms with van der Waals surface area (Å²) >= 11 is 0. The molecule has 1 aliphatic heterocycles. The average Bonchev–Trinajstić information content (AvgIpc) is 3.07. The third kappa shape index (κ3) is 4.30. The van der Waals surface area contributed by atoms with Gasteiger partial charge in [0.25, 0.3) is 5.69 Å². The number of nitro groups is 1. The Morgan fingerprint density at radius 3 is 2.45 bits per heavy atom. The molecule has 2 heterocycles. The zero-order valence-corrected chi connectivity index (χ0v) is 17.2. The van der Waals surface area contributed by atoms with Crippen LogP contribution in [0.5, 0.6) is 0 Å². The Hall–Kier alpha value is -3.25. The Morgan fingerprint density at radius 1 is 1.03 bits per heavy atom. The van der Waals surface area contributed by atoms with Crippen molar-refractivity contribution >= 4 is 15.7 Å². The van der Waals surface area contributed by atoms with Crippen molar-refractivity contribution in [1.82, 2.24) is 24.5 Å². The zero-order valence-electron chi connectivity index (χ0n) is 16.4. The van der Waals surface area contributed by atoms with Crippen LogP contribution in [0, 0.1) is 15.9 Å². The fourth-order valence-electron chi connectivity index (χ4n) is 3.47. The van der Waals surface area contributed by atoms with Crippen LogP contribution in [0.4, 0.5) is 10.1 Å². The third-order valence-corrected chi connectivity index (χ3v) is 6.95. The average molecular weight is 446 g/mol. The zero-order chi connectivity index (χ0) is 22.0. The molecule has 0 N–H and O–H groups in total. The second-order valence-electron chi connectivity index (χ2n) is 7.14. The summed E-state index contributed by atoms with van der Waals surface area (Å²) in [5, 5.41) is 23.4. The number of aromatic nitrogens is 4. The van der Waals surface area contributed by atoms with Gasteiger partial charge in [0.05, 0.1) is 9.82 Å². The van der Waals surface area contributed by atoms with Crippen molar-refractivity contribution in [2.75, 3.05) is 13.1 Å². The van der Waals surface area contributed by atoms with E-state index in [-0.39, 0.29) is 16.4 Å². The molecule has 3 aromatic rings. The summed E-state index contributed by atoms with van der Waals surface area (Å²) < 4.78 is 40.8. The van der Waals surface area contributed by atoms with Crippen molar-refractivity contribution in [2.45, 2.75) is 30.6 Å². The van der Waals surface area contributed by atoms with Gasteiger partial charge in [0, 0.05) is 24.7 Å². The highest BCUT2D eigenvalue weighted by Gasteiger charge is 2.29. The van der Waals surface area contributed by atoms with Gasteiger partial charge in [-0.2, -0.15) is 4.31 Å². The van der Waals surface area contributed by atoms with E-state index in [1.54, 1.807) is 6.07 Å². The number of benzene rings is 2. The van der Waals surface area contributed by atoms with Gasteiger partial charge in [-0.3, -0.25) is 10.1 Å². The van der Waals surface area contributed by atoms with E-state index < -0.39 is 26.5 Å². The lowest BCUT2D eigenvalue weighted by molar-refractivity contribution is -0.384. The summed E-state index contributed by atoms with van der Waals surface area (Å²) in [5.74, 6) is -0.405. The summed E-state index contributed by atoms with van der Waals surface area (Å²) in [7, 11) is -3.86. The Kier molecular flexibility index (Phi) is 5.74. The molecule has 0 aliphatic carbocycles. The topological polar surface area (TPSA) is 124 Å². The normalized spacial score (nSPS) is 15.5. The Bertz CT molecular complexity index is 1220. The fourth-order valence-corrected chi connectivity index (χ4v) is 5.01. The number of hydrogen-bond acceptors (Lipinski definition) is 7. The number of hydrogen-bond donors (Lipinski definition) is 0. The van der Waals surface area contributed by atoms with E-state index in [1.165, 1.54) is 34.6 Å². The molecule has 1 aliphatic rings. The van der Waals surface area contributed by atoms with E-state index in [9.17, 15) is 22.9 Å². The number of sulfonamides is 1. The van der Waals surface area contributed by atoms with Crippen LogP contribution in [0.25, 0.3) is 17.1 Å². The summed E-state index contributed by atoms with van der Waals surface area (Å²) in [4.78, 5) is 11.8. The van der Waals surface area contributed by atoms with Crippen LogP contribution in [-0.4, -0.2) is 50.9 Å². The number of rotatable bonds is 5. The highest BCUT2D eigenvalue weighted by Crippen LogP contribution is 2.28. The molecule has 0 radical (unpaired) electrons. The molecule has 1 saturated heterocycles. The molecule has 12 heteroatoms. The molecule has 0 amide bonds. The second kappa shape index (κ2) is 8.47. The fraction of sp³-hybridized carbons (Fsp3) is 0.316. The van der Waals surface area contributed by atoms with Crippen molar-refractivity contribution in [2.24, 2.45) is 0 Å². The second-order valence-corrected chi connectivity index (χ2v) is 9.08. The SMILES string of the molecule is O=[N+]([O-])c1cc(S(=O)(=O)N2CCCCCC2)ccc1-n1nnc(-c2cccc(F)c2)n1. The highest BCUT2D eigenvalue weighted by molar-refractivity contribution is 7.89. The van der Waals surface area contributed by atoms with Gasteiger partial charge in [0.15, 0.2) is 5.69 Å². The van der Waals surface area contributed by atoms with Crippen LogP contribution in [0.1, 0.15) is 25.7 Å². The maximum absolute atomic E-state index is 13.5. The molecule has 0 atom stereocenters. The standard InChI is InChI=1S/C19H19FN6O4S/c20-15-7-5-6-14(12-15)19-21-23-25(22-19)17-9-8-16(13-18(17)26(27)28)31(29,30)24-10-3-1-2-4-11-24/h5-9,12-13H,1-4,10-11H2.